The van der Waals surface area contributed by atoms with Crippen LogP contribution in [0.25, 0.3) is 16.9 Å². The number of hydrogen-bond donors (Lipinski definition) is 1. The number of nitrogens with two attached hydrogens (primary N) is 1. The minimum atomic E-state index is -0.236. The summed E-state index contributed by atoms with van der Waals surface area (Å²) < 4.78 is 8.98. The predicted molar refractivity (Wildman–Crippen MR) is 125 cm³/mol. The van der Waals surface area contributed by atoms with Crippen LogP contribution in [0.15, 0.2) is 35.1 Å². The summed E-state index contributed by atoms with van der Waals surface area (Å²) in [7, 11) is 2.10. The van der Waals surface area contributed by atoms with Crippen molar-refractivity contribution in [3.63, 3.8) is 0 Å². The number of aromatic nitrogens is 4. The van der Waals surface area contributed by atoms with Crippen molar-refractivity contribution in [2.75, 3.05) is 37.3 Å². The predicted octanol–water partition coefficient (Wildman–Crippen LogP) is 1.85. The summed E-state index contributed by atoms with van der Waals surface area (Å²) >= 11 is 0. The van der Waals surface area contributed by atoms with Gasteiger partial charge in [-0.1, -0.05) is 30.3 Å². The topological polar surface area (TPSA) is 93.9 Å². The molecule has 0 bridgehead atoms. The summed E-state index contributed by atoms with van der Waals surface area (Å²) in [5.41, 5.74) is 9.19. The van der Waals surface area contributed by atoms with Gasteiger partial charge in [0.1, 0.15) is 11.4 Å². The molecule has 9 nitrogen and oxygen atoms in total. The highest BCUT2D eigenvalue weighted by Crippen LogP contribution is 2.35. The van der Waals surface area contributed by atoms with Gasteiger partial charge in [0.2, 0.25) is 5.95 Å². The Hall–Kier alpha value is -2.91. The molecule has 1 aromatic carbocycles. The van der Waals surface area contributed by atoms with Crippen molar-refractivity contribution >= 4 is 17.3 Å². The van der Waals surface area contributed by atoms with E-state index < -0.39 is 0 Å². The maximum Gasteiger partial charge on any atom is 0.353 e. The van der Waals surface area contributed by atoms with E-state index in [-0.39, 0.29) is 23.8 Å². The Balaban J connectivity index is 1.70. The molecule has 0 saturated carbocycles. The lowest BCUT2D eigenvalue weighted by molar-refractivity contribution is -0.00513. The molecule has 0 spiro atoms. The number of nitrogen functional groups attached to an aromatic ring is 1. The molecule has 9 heteroatoms. The van der Waals surface area contributed by atoms with Gasteiger partial charge in [0.05, 0.1) is 18.8 Å². The molecule has 3 aromatic rings. The lowest BCUT2D eigenvalue weighted by Gasteiger charge is -2.37. The molecule has 0 amide bonds. The van der Waals surface area contributed by atoms with E-state index in [4.69, 9.17) is 20.6 Å². The van der Waals surface area contributed by atoms with E-state index in [2.05, 4.69) is 30.7 Å². The number of likely N-dealkylation sites (N-methyl/N-ethyl adjacent to an activating group) is 1. The number of ether oxygens (including phenoxy) is 1. The van der Waals surface area contributed by atoms with Crippen LogP contribution in [0.2, 0.25) is 0 Å². The van der Waals surface area contributed by atoms with Crippen LogP contribution >= 0.6 is 0 Å². The summed E-state index contributed by atoms with van der Waals surface area (Å²) in [5.74, 6) is 0.160. The zero-order chi connectivity index (χ0) is 22.4. The van der Waals surface area contributed by atoms with E-state index >= 15 is 0 Å². The quantitative estimate of drug-likeness (QED) is 0.666. The van der Waals surface area contributed by atoms with Crippen LogP contribution < -0.4 is 16.3 Å². The fraction of sp³-hybridized carbons (Fsp3) is 0.522. The number of nitrogens with zero attached hydrogens (tertiary/aromatic N) is 6. The lowest BCUT2D eigenvalue weighted by atomic mass is 10.1. The number of fused-ring (bicyclic) bond motifs is 1. The zero-order valence-electron chi connectivity index (χ0n) is 18.9. The fourth-order valence-corrected chi connectivity index (χ4v) is 5.07. The summed E-state index contributed by atoms with van der Waals surface area (Å²) in [6.07, 6.45) is 2.31. The van der Waals surface area contributed by atoms with Crippen molar-refractivity contribution in [3.8, 4) is 11.3 Å². The van der Waals surface area contributed by atoms with Crippen molar-refractivity contribution in [1.29, 1.82) is 0 Å². The minimum absolute atomic E-state index is 0.0564. The molecule has 2 N–H and O–H groups in total. The van der Waals surface area contributed by atoms with E-state index in [1.165, 1.54) is 4.40 Å². The van der Waals surface area contributed by atoms with Gasteiger partial charge in [-0.25, -0.2) is 18.9 Å². The molecule has 2 aromatic heterocycles. The molecular weight excluding hydrogens is 406 g/mol. The zero-order valence-corrected chi connectivity index (χ0v) is 18.9. The largest absolute Gasteiger partial charge is 0.372 e. The maximum atomic E-state index is 13.3. The average Bonchev–Trinajstić information content (AvgIpc) is 3.31. The third-order valence-corrected chi connectivity index (χ3v) is 6.57. The Morgan fingerprint density at radius 2 is 1.88 bits per heavy atom. The van der Waals surface area contributed by atoms with Gasteiger partial charge >= 0.3 is 5.69 Å². The fourth-order valence-electron chi connectivity index (χ4n) is 5.07. The molecule has 170 valence electrons. The standard InChI is InChI=1S/C23H31N7O2/c1-15-12-28(13-16(2)32-15)20-19(17-8-5-4-6-9-17)25-22(24)30-21(20)26-29(23(30)31)14-18-10-7-11-27(18)3/h4-6,8-9,15-16,18H,7,10-14H2,1-3H3,(H2,24,25)/t15?,16?,18-/m0/s1. The first kappa shape index (κ1) is 21.0. The second kappa shape index (κ2) is 8.22. The Morgan fingerprint density at radius 1 is 1.16 bits per heavy atom. The molecule has 2 aliphatic heterocycles. The van der Waals surface area contributed by atoms with E-state index in [0.29, 0.717) is 31.3 Å². The summed E-state index contributed by atoms with van der Waals surface area (Å²) in [6.45, 7) is 7.10. The molecule has 2 fully saturated rings. The first-order valence-corrected chi connectivity index (χ1v) is 11.4. The Kier molecular flexibility index (Phi) is 5.38. The Labute approximate surface area is 187 Å². The minimum Gasteiger partial charge on any atom is -0.372 e. The van der Waals surface area contributed by atoms with Crippen molar-refractivity contribution in [1.82, 2.24) is 24.1 Å². The molecule has 5 rings (SSSR count). The first-order chi connectivity index (χ1) is 15.4. The van der Waals surface area contributed by atoms with Crippen LogP contribution in [0.1, 0.15) is 26.7 Å². The third-order valence-electron chi connectivity index (χ3n) is 6.57. The Morgan fingerprint density at radius 3 is 2.53 bits per heavy atom. The van der Waals surface area contributed by atoms with E-state index in [9.17, 15) is 4.79 Å². The second-order valence-corrected chi connectivity index (χ2v) is 9.10. The summed E-state index contributed by atoms with van der Waals surface area (Å²) in [4.78, 5) is 22.6. The molecule has 2 unspecified atom stereocenters. The van der Waals surface area contributed by atoms with Gasteiger partial charge in [-0.2, -0.15) is 0 Å². The van der Waals surface area contributed by atoms with Crippen LogP contribution in [0.4, 0.5) is 11.6 Å². The molecule has 0 aliphatic carbocycles. The van der Waals surface area contributed by atoms with Crippen LogP contribution in [0.5, 0.6) is 0 Å². The molecular formula is C23H31N7O2. The maximum absolute atomic E-state index is 13.3. The highest BCUT2D eigenvalue weighted by atomic mass is 16.5. The van der Waals surface area contributed by atoms with E-state index in [1.807, 2.05) is 30.3 Å². The van der Waals surface area contributed by atoms with Crippen LogP contribution in [-0.4, -0.2) is 69.0 Å². The van der Waals surface area contributed by atoms with Gasteiger partial charge in [0, 0.05) is 24.7 Å². The molecule has 32 heavy (non-hydrogen) atoms. The molecule has 2 aliphatic rings. The molecule has 4 heterocycles. The van der Waals surface area contributed by atoms with Crippen molar-refractivity contribution in [3.05, 3.63) is 40.8 Å². The van der Waals surface area contributed by atoms with Crippen LogP contribution in [-0.2, 0) is 11.3 Å². The monoisotopic (exact) mass is 437 g/mol. The summed E-state index contributed by atoms with van der Waals surface area (Å²) in [5, 5.41) is 4.82. The molecule has 2 saturated heterocycles. The van der Waals surface area contributed by atoms with Crippen molar-refractivity contribution < 1.29 is 4.74 Å². The number of hydrogen-bond acceptors (Lipinski definition) is 7. The third kappa shape index (κ3) is 3.65. The smallest absolute Gasteiger partial charge is 0.353 e. The highest BCUT2D eigenvalue weighted by molar-refractivity contribution is 5.86. The second-order valence-electron chi connectivity index (χ2n) is 9.10. The number of benzene rings is 1. The van der Waals surface area contributed by atoms with E-state index in [1.54, 1.807) is 4.68 Å². The normalized spacial score (nSPS) is 24.5. The van der Waals surface area contributed by atoms with Crippen LogP contribution in [0.3, 0.4) is 0 Å². The Bertz CT molecular complexity index is 1160. The van der Waals surface area contributed by atoms with Gasteiger partial charge in [0.25, 0.3) is 0 Å². The summed E-state index contributed by atoms with van der Waals surface area (Å²) in [6, 6.07) is 10.3. The number of likely N-dealkylation sites (tertiary alicyclic amines) is 1. The van der Waals surface area contributed by atoms with Gasteiger partial charge in [-0.15, -0.1) is 5.10 Å². The lowest BCUT2D eigenvalue weighted by Crippen LogP contribution is -2.46. The van der Waals surface area contributed by atoms with Gasteiger partial charge in [-0.05, 0) is 40.3 Å². The van der Waals surface area contributed by atoms with Gasteiger partial charge < -0.3 is 20.3 Å². The van der Waals surface area contributed by atoms with Crippen molar-refractivity contribution in [2.24, 2.45) is 0 Å². The SMILES string of the molecule is CC1CN(c2c(-c3ccccc3)nc(N)n3c(=O)n(C[C@@H]4CCCN4C)nc23)CC(C)O1. The molecule has 0 radical (unpaired) electrons. The van der Waals surface area contributed by atoms with Crippen LogP contribution in [0, 0.1) is 0 Å². The van der Waals surface area contributed by atoms with Crippen molar-refractivity contribution in [2.45, 2.75) is 51.5 Å². The highest BCUT2D eigenvalue weighted by Gasteiger charge is 2.30. The number of rotatable bonds is 4. The average molecular weight is 438 g/mol. The van der Waals surface area contributed by atoms with Gasteiger partial charge in [0.15, 0.2) is 5.65 Å². The first-order valence-electron chi connectivity index (χ1n) is 11.4. The number of anilines is 2. The molecule has 3 atom stereocenters. The van der Waals surface area contributed by atoms with Gasteiger partial charge in [-0.3, -0.25) is 0 Å². The number of morpholine rings is 1. The van der Waals surface area contributed by atoms with E-state index in [0.717, 1.165) is 36.3 Å².